The van der Waals surface area contributed by atoms with Crippen LogP contribution in [0.4, 0.5) is 11.9 Å². The number of anilines is 2. The molecule has 1 fully saturated rings. The van der Waals surface area contributed by atoms with Crippen molar-refractivity contribution in [3.63, 3.8) is 0 Å². The van der Waals surface area contributed by atoms with Crippen molar-refractivity contribution >= 4 is 22.8 Å². The van der Waals surface area contributed by atoms with E-state index in [1.54, 1.807) is 6.20 Å². The predicted octanol–water partition coefficient (Wildman–Crippen LogP) is 2.86. The summed E-state index contributed by atoms with van der Waals surface area (Å²) >= 11 is 0. The molecule has 8 nitrogen and oxygen atoms in total. The lowest BCUT2D eigenvalue weighted by Crippen LogP contribution is -2.37. The summed E-state index contributed by atoms with van der Waals surface area (Å²) in [6.45, 7) is 3.42. The van der Waals surface area contributed by atoms with Gasteiger partial charge in [-0.15, -0.1) is 0 Å². The molecule has 5 rings (SSSR count). The predicted molar refractivity (Wildman–Crippen MR) is 112 cm³/mol. The molecule has 0 aliphatic carbocycles. The summed E-state index contributed by atoms with van der Waals surface area (Å²) < 4.78 is 5.47. The first-order chi connectivity index (χ1) is 14.3. The van der Waals surface area contributed by atoms with Gasteiger partial charge in [0, 0.05) is 41.9 Å². The number of fused-ring (bicyclic) bond motifs is 1. The third-order valence-corrected chi connectivity index (χ3v) is 4.88. The van der Waals surface area contributed by atoms with Crippen molar-refractivity contribution in [3.05, 3.63) is 60.6 Å². The maximum absolute atomic E-state index is 5.47. The average molecular weight is 387 g/mol. The highest BCUT2D eigenvalue weighted by atomic mass is 16.5. The van der Waals surface area contributed by atoms with Crippen LogP contribution in [0.15, 0.2) is 54.9 Å². The maximum Gasteiger partial charge on any atom is 0.230 e. The van der Waals surface area contributed by atoms with Crippen LogP contribution in [0, 0.1) is 0 Å². The summed E-state index contributed by atoms with van der Waals surface area (Å²) in [7, 11) is 0. The molecule has 0 spiro atoms. The standard InChI is InChI=1S/C21H21N7O/c1-2-7-22-17(3-1)14-24-20-25-19(16-4-5-18-15(13-16)6-8-23-18)26-21(27-20)28-9-11-29-12-10-28/h1-8,13,23H,9-12,14H2,(H,24,25,26,27). The lowest BCUT2D eigenvalue weighted by atomic mass is 10.1. The molecule has 4 aromatic rings. The molecule has 0 saturated carbocycles. The zero-order chi connectivity index (χ0) is 19.5. The van der Waals surface area contributed by atoms with Gasteiger partial charge >= 0.3 is 0 Å². The zero-order valence-corrected chi connectivity index (χ0v) is 15.9. The number of pyridine rings is 1. The molecule has 1 aliphatic rings. The van der Waals surface area contributed by atoms with Gasteiger partial charge in [0.2, 0.25) is 11.9 Å². The molecule has 3 aromatic heterocycles. The van der Waals surface area contributed by atoms with E-state index in [9.17, 15) is 0 Å². The Bertz CT molecular complexity index is 1110. The molecule has 8 heteroatoms. The van der Waals surface area contributed by atoms with Crippen LogP contribution in [0.1, 0.15) is 5.69 Å². The molecule has 0 radical (unpaired) electrons. The molecule has 2 N–H and O–H groups in total. The van der Waals surface area contributed by atoms with E-state index < -0.39 is 0 Å². The Labute approximate surface area is 168 Å². The summed E-state index contributed by atoms with van der Waals surface area (Å²) in [6, 6.07) is 14.0. The zero-order valence-electron chi connectivity index (χ0n) is 15.9. The fraction of sp³-hybridized carbons (Fsp3) is 0.238. The monoisotopic (exact) mass is 387 g/mol. The van der Waals surface area contributed by atoms with Gasteiger partial charge in [-0.05, 0) is 36.4 Å². The van der Waals surface area contributed by atoms with Crippen LogP contribution in [0.2, 0.25) is 0 Å². The molecule has 1 aromatic carbocycles. The van der Waals surface area contributed by atoms with Gasteiger partial charge in [-0.1, -0.05) is 6.07 Å². The lowest BCUT2D eigenvalue weighted by molar-refractivity contribution is 0.122. The number of nitrogens with zero attached hydrogens (tertiary/aromatic N) is 5. The van der Waals surface area contributed by atoms with Crippen LogP contribution in [0.25, 0.3) is 22.3 Å². The van der Waals surface area contributed by atoms with Gasteiger partial charge in [0.05, 0.1) is 25.5 Å². The summed E-state index contributed by atoms with van der Waals surface area (Å²) in [5.41, 5.74) is 2.97. The van der Waals surface area contributed by atoms with Crippen molar-refractivity contribution in [2.75, 3.05) is 36.5 Å². The lowest BCUT2D eigenvalue weighted by Gasteiger charge is -2.27. The van der Waals surface area contributed by atoms with Crippen molar-refractivity contribution in [1.82, 2.24) is 24.9 Å². The molecular weight excluding hydrogens is 366 g/mol. The Morgan fingerprint density at radius 2 is 1.97 bits per heavy atom. The number of hydrogen-bond acceptors (Lipinski definition) is 7. The van der Waals surface area contributed by atoms with Crippen LogP contribution >= 0.6 is 0 Å². The summed E-state index contributed by atoms with van der Waals surface area (Å²) in [5, 5.41) is 4.42. The van der Waals surface area contributed by atoms with Crippen molar-refractivity contribution < 1.29 is 4.74 Å². The maximum atomic E-state index is 5.47. The van der Waals surface area contributed by atoms with E-state index in [0.717, 1.165) is 35.2 Å². The molecule has 0 unspecified atom stereocenters. The highest BCUT2D eigenvalue weighted by Gasteiger charge is 2.17. The number of morpholine rings is 1. The number of benzene rings is 1. The first kappa shape index (κ1) is 17.6. The second-order valence-electron chi connectivity index (χ2n) is 6.84. The quantitative estimate of drug-likeness (QED) is 0.544. The van der Waals surface area contributed by atoms with Gasteiger partial charge in [0.15, 0.2) is 5.82 Å². The van der Waals surface area contributed by atoms with E-state index in [2.05, 4.69) is 36.2 Å². The normalized spacial score (nSPS) is 14.3. The second kappa shape index (κ2) is 7.84. The second-order valence-corrected chi connectivity index (χ2v) is 6.84. The van der Waals surface area contributed by atoms with E-state index >= 15 is 0 Å². The number of aromatic amines is 1. The first-order valence-electron chi connectivity index (χ1n) is 9.65. The van der Waals surface area contributed by atoms with Gasteiger partial charge in [-0.25, -0.2) is 0 Å². The van der Waals surface area contributed by atoms with Crippen molar-refractivity contribution in [1.29, 1.82) is 0 Å². The number of H-pyrrole nitrogens is 1. The first-order valence-corrected chi connectivity index (χ1v) is 9.65. The van der Waals surface area contributed by atoms with Crippen LogP contribution in [-0.4, -0.2) is 51.2 Å². The number of rotatable bonds is 5. The third-order valence-electron chi connectivity index (χ3n) is 4.88. The molecule has 1 saturated heterocycles. The molecule has 0 bridgehead atoms. The van der Waals surface area contributed by atoms with E-state index in [0.29, 0.717) is 37.5 Å². The Kier molecular flexibility index (Phi) is 4.75. The summed E-state index contributed by atoms with van der Waals surface area (Å²) in [4.78, 5) is 23.8. The van der Waals surface area contributed by atoms with Gasteiger partial charge in [-0.3, -0.25) is 4.98 Å². The van der Waals surface area contributed by atoms with Gasteiger partial charge < -0.3 is 19.9 Å². The van der Waals surface area contributed by atoms with E-state index in [1.165, 1.54) is 0 Å². The number of nitrogens with one attached hydrogen (secondary N) is 2. The SMILES string of the molecule is c1ccc(CNc2nc(-c3ccc4[nH]ccc4c3)nc(N3CCOCC3)n2)nc1. The van der Waals surface area contributed by atoms with Crippen molar-refractivity contribution in [2.45, 2.75) is 6.54 Å². The topological polar surface area (TPSA) is 91.9 Å². The minimum Gasteiger partial charge on any atom is -0.378 e. The van der Waals surface area contributed by atoms with E-state index in [4.69, 9.17) is 9.72 Å². The smallest absolute Gasteiger partial charge is 0.230 e. The molecule has 4 heterocycles. The van der Waals surface area contributed by atoms with Crippen LogP contribution in [-0.2, 0) is 11.3 Å². The Hall–Kier alpha value is -3.52. The number of hydrogen-bond donors (Lipinski definition) is 2. The van der Waals surface area contributed by atoms with Gasteiger partial charge in [-0.2, -0.15) is 15.0 Å². The van der Waals surface area contributed by atoms with Crippen LogP contribution < -0.4 is 10.2 Å². The third kappa shape index (κ3) is 3.88. The molecule has 146 valence electrons. The fourth-order valence-corrected chi connectivity index (χ4v) is 3.34. The van der Waals surface area contributed by atoms with Crippen molar-refractivity contribution in [2.24, 2.45) is 0 Å². The van der Waals surface area contributed by atoms with Crippen molar-refractivity contribution in [3.8, 4) is 11.4 Å². The van der Waals surface area contributed by atoms with E-state index in [-0.39, 0.29) is 0 Å². The largest absolute Gasteiger partial charge is 0.378 e. The van der Waals surface area contributed by atoms with Crippen LogP contribution in [0.5, 0.6) is 0 Å². The average Bonchev–Trinajstić information content (AvgIpc) is 3.27. The van der Waals surface area contributed by atoms with Gasteiger partial charge in [0.25, 0.3) is 0 Å². The molecule has 0 atom stereocenters. The molecule has 0 amide bonds. The fourth-order valence-electron chi connectivity index (χ4n) is 3.34. The Balaban J connectivity index is 1.50. The van der Waals surface area contributed by atoms with E-state index in [1.807, 2.05) is 42.6 Å². The Morgan fingerprint density at radius 1 is 1.03 bits per heavy atom. The van der Waals surface area contributed by atoms with Gasteiger partial charge in [0.1, 0.15) is 0 Å². The molecule has 1 aliphatic heterocycles. The highest BCUT2D eigenvalue weighted by Crippen LogP contribution is 2.24. The summed E-state index contributed by atoms with van der Waals surface area (Å²) in [5.74, 6) is 1.85. The molecular formula is C21H21N7O. The molecule has 29 heavy (non-hydrogen) atoms. The Morgan fingerprint density at radius 3 is 2.83 bits per heavy atom. The highest BCUT2D eigenvalue weighted by molar-refractivity contribution is 5.84. The number of aromatic nitrogens is 5. The van der Waals surface area contributed by atoms with Crippen LogP contribution in [0.3, 0.4) is 0 Å². The number of ether oxygens (including phenoxy) is 1. The minimum absolute atomic E-state index is 0.538. The summed E-state index contributed by atoms with van der Waals surface area (Å²) in [6.07, 6.45) is 3.71. The minimum atomic E-state index is 0.538.